The number of ketones is 1. The van der Waals surface area contributed by atoms with E-state index in [0.29, 0.717) is 11.4 Å². The maximum atomic E-state index is 15.3. The number of nitrogens with two attached hydrogens (primary N) is 1. The highest BCUT2D eigenvalue weighted by Gasteiger charge is 2.25. The number of anilines is 2. The first-order chi connectivity index (χ1) is 17.1. The monoisotopic (exact) mass is 517 g/mol. The van der Waals surface area contributed by atoms with Crippen LogP contribution < -0.4 is 31.1 Å². The van der Waals surface area contributed by atoms with E-state index in [1.807, 2.05) is 0 Å². The number of hydrogen-bond acceptors (Lipinski definition) is 6. The highest BCUT2D eigenvalue weighted by molar-refractivity contribution is 7.92. The summed E-state index contributed by atoms with van der Waals surface area (Å²) >= 11 is 0. The molecule has 0 saturated carbocycles. The molecule has 0 atom stereocenters. The summed E-state index contributed by atoms with van der Waals surface area (Å²) in [7, 11) is -2.39. The number of rotatable bonds is 10. The third-order valence-corrected chi connectivity index (χ3v) is 6.51. The minimum Gasteiger partial charge on any atom is -0.497 e. The SMILES string of the molecule is C=c1[nH]cc(C(=O)c2c(F)ccc(NS(=O)(=O)CCC)c2F)/c1=C(/N=C\N)Nc1cccc(OC)c1. The molecule has 0 spiro atoms. The molecule has 0 bridgehead atoms. The van der Waals surface area contributed by atoms with Crippen molar-refractivity contribution in [2.45, 2.75) is 13.3 Å². The topological polar surface area (TPSA) is 139 Å². The number of benzene rings is 2. The molecule has 0 aliphatic carbocycles. The second kappa shape index (κ2) is 11.0. The Morgan fingerprint density at radius 1 is 1.28 bits per heavy atom. The van der Waals surface area contributed by atoms with Crippen LogP contribution in [0.25, 0.3) is 12.4 Å². The number of H-pyrrole nitrogens is 1. The van der Waals surface area contributed by atoms with E-state index in [-0.39, 0.29) is 34.1 Å². The van der Waals surface area contributed by atoms with Crippen molar-refractivity contribution < 1.29 is 26.7 Å². The fraction of sp³-hybridized carbons (Fsp3) is 0.167. The van der Waals surface area contributed by atoms with Gasteiger partial charge >= 0.3 is 0 Å². The molecule has 1 aromatic heterocycles. The van der Waals surface area contributed by atoms with Crippen molar-refractivity contribution in [1.82, 2.24) is 4.98 Å². The standard InChI is InChI=1S/C24H25F2N5O4S/c1-4-10-36(33,34)31-19-9-8-18(25)21(22(19)26)23(32)17-12-28-14(2)20(17)24(29-13-27)30-15-6-5-7-16(11-15)35-3/h5-9,11-13,28,30-31H,2,4,10H2,1,3H3,(H2,27,29)/b24-20-. The Morgan fingerprint density at radius 3 is 2.69 bits per heavy atom. The summed E-state index contributed by atoms with van der Waals surface area (Å²) in [6, 6.07) is 8.54. The maximum absolute atomic E-state index is 15.3. The first-order valence-corrected chi connectivity index (χ1v) is 12.4. The van der Waals surface area contributed by atoms with Gasteiger partial charge in [-0.3, -0.25) is 9.52 Å². The highest BCUT2D eigenvalue weighted by Crippen LogP contribution is 2.24. The summed E-state index contributed by atoms with van der Waals surface area (Å²) in [5, 5.41) is 3.33. The van der Waals surface area contributed by atoms with Crippen molar-refractivity contribution in [3.63, 3.8) is 0 Å². The molecule has 1 heterocycles. The van der Waals surface area contributed by atoms with Crippen LogP contribution in [0.4, 0.5) is 20.2 Å². The Balaban J connectivity index is 2.16. The number of carbonyl (C=O) groups excluding carboxylic acids is 1. The Morgan fingerprint density at radius 2 is 2.03 bits per heavy atom. The number of carbonyl (C=O) groups is 1. The van der Waals surface area contributed by atoms with E-state index < -0.39 is 38.7 Å². The van der Waals surface area contributed by atoms with Crippen LogP contribution in [0.5, 0.6) is 5.75 Å². The average molecular weight is 518 g/mol. The maximum Gasteiger partial charge on any atom is 0.232 e. The van der Waals surface area contributed by atoms with Gasteiger partial charge in [-0.25, -0.2) is 22.2 Å². The van der Waals surface area contributed by atoms with Gasteiger partial charge in [-0.1, -0.05) is 19.6 Å². The predicted octanol–water partition coefficient (Wildman–Crippen LogP) is 2.26. The van der Waals surface area contributed by atoms with Crippen LogP contribution in [0.15, 0.2) is 47.6 Å². The van der Waals surface area contributed by atoms with E-state index >= 15 is 4.39 Å². The normalized spacial score (nSPS) is 12.4. The van der Waals surface area contributed by atoms with Gasteiger partial charge in [0.05, 0.1) is 41.2 Å². The van der Waals surface area contributed by atoms with E-state index in [1.165, 1.54) is 13.3 Å². The molecule has 2 aromatic carbocycles. The molecule has 36 heavy (non-hydrogen) atoms. The first kappa shape index (κ1) is 26.4. The number of hydrogen-bond donors (Lipinski definition) is 4. The number of sulfonamides is 1. The molecule has 0 unspecified atom stereocenters. The Labute approximate surface area is 206 Å². The average Bonchev–Trinajstić information content (AvgIpc) is 3.22. The minimum absolute atomic E-state index is 0.0703. The van der Waals surface area contributed by atoms with Crippen molar-refractivity contribution in [2.24, 2.45) is 10.7 Å². The molecule has 5 N–H and O–H groups in total. The molecular weight excluding hydrogens is 492 g/mol. The smallest absolute Gasteiger partial charge is 0.232 e. The zero-order valence-corrected chi connectivity index (χ0v) is 20.4. The van der Waals surface area contributed by atoms with Gasteiger partial charge in [-0.2, -0.15) is 0 Å². The van der Waals surface area contributed by atoms with E-state index in [0.717, 1.165) is 18.5 Å². The molecule has 3 aromatic rings. The lowest BCUT2D eigenvalue weighted by Crippen LogP contribution is -2.31. The number of aromatic nitrogens is 1. The zero-order valence-electron chi connectivity index (χ0n) is 19.6. The fourth-order valence-electron chi connectivity index (χ4n) is 3.45. The summed E-state index contributed by atoms with van der Waals surface area (Å²) in [6.45, 7) is 5.48. The second-order valence-electron chi connectivity index (χ2n) is 7.57. The van der Waals surface area contributed by atoms with E-state index in [9.17, 15) is 17.6 Å². The third kappa shape index (κ3) is 5.71. The minimum atomic E-state index is -3.89. The number of ether oxygens (including phenoxy) is 1. The molecule has 12 heteroatoms. The summed E-state index contributed by atoms with van der Waals surface area (Å²) in [5.74, 6) is -3.23. The number of aliphatic imine (C=N–C) groups is 1. The number of halogens is 2. The van der Waals surface area contributed by atoms with E-state index in [4.69, 9.17) is 10.5 Å². The van der Waals surface area contributed by atoms with Crippen LogP contribution in [0.1, 0.15) is 29.3 Å². The molecule has 9 nitrogen and oxygen atoms in total. The van der Waals surface area contributed by atoms with Gasteiger partial charge in [0.25, 0.3) is 0 Å². The van der Waals surface area contributed by atoms with Crippen LogP contribution >= 0.6 is 0 Å². The summed E-state index contributed by atoms with van der Waals surface area (Å²) in [4.78, 5) is 20.2. The van der Waals surface area contributed by atoms with Crippen molar-refractivity contribution in [1.29, 1.82) is 0 Å². The summed E-state index contributed by atoms with van der Waals surface area (Å²) < 4.78 is 61.4. The van der Waals surface area contributed by atoms with E-state index in [2.05, 4.69) is 26.6 Å². The van der Waals surface area contributed by atoms with Crippen LogP contribution in [0.3, 0.4) is 0 Å². The van der Waals surface area contributed by atoms with Gasteiger partial charge in [0.2, 0.25) is 15.8 Å². The molecular formula is C24H25F2N5O4S. The number of aromatic amines is 1. The Hall–Kier alpha value is -4.19. The van der Waals surface area contributed by atoms with E-state index in [1.54, 1.807) is 31.2 Å². The summed E-state index contributed by atoms with van der Waals surface area (Å²) in [6.07, 6.45) is 2.49. The Bertz CT molecular complexity index is 1530. The van der Waals surface area contributed by atoms with Gasteiger partial charge in [0.1, 0.15) is 17.4 Å². The second-order valence-corrected chi connectivity index (χ2v) is 9.42. The predicted molar refractivity (Wildman–Crippen MR) is 136 cm³/mol. The van der Waals surface area contributed by atoms with Crippen molar-refractivity contribution >= 4 is 45.9 Å². The van der Waals surface area contributed by atoms with Crippen molar-refractivity contribution in [3.8, 4) is 5.75 Å². The lowest BCUT2D eigenvalue weighted by Gasteiger charge is -2.12. The van der Waals surface area contributed by atoms with Crippen molar-refractivity contribution in [2.75, 3.05) is 22.9 Å². The highest BCUT2D eigenvalue weighted by atomic mass is 32.2. The zero-order chi connectivity index (χ0) is 26.5. The van der Waals surface area contributed by atoms with Gasteiger partial charge in [0.15, 0.2) is 5.82 Å². The third-order valence-electron chi connectivity index (χ3n) is 5.04. The van der Waals surface area contributed by atoms with Crippen LogP contribution in [-0.4, -0.2) is 38.4 Å². The number of methoxy groups -OCH3 is 1. The molecule has 0 fully saturated rings. The van der Waals surface area contributed by atoms with Crippen LogP contribution in [0.2, 0.25) is 0 Å². The molecule has 0 aliphatic rings. The van der Waals surface area contributed by atoms with Crippen LogP contribution in [-0.2, 0) is 10.0 Å². The number of nitrogens with one attached hydrogen (secondary N) is 3. The quantitative estimate of drug-likeness (QED) is 0.185. The molecule has 0 radical (unpaired) electrons. The molecule has 3 rings (SSSR count). The fourth-order valence-corrected chi connectivity index (χ4v) is 4.58. The van der Waals surface area contributed by atoms with Crippen molar-refractivity contribution in [3.05, 3.63) is 75.9 Å². The van der Waals surface area contributed by atoms with Crippen LogP contribution in [0, 0.1) is 11.6 Å². The lowest BCUT2D eigenvalue weighted by atomic mass is 10.0. The molecule has 0 saturated heterocycles. The van der Waals surface area contributed by atoms with Gasteiger partial charge < -0.3 is 20.8 Å². The molecule has 0 amide bonds. The lowest BCUT2D eigenvalue weighted by molar-refractivity contribution is 0.103. The first-order valence-electron chi connectivity index (χ1n) is 10.7. The molecule has 190 valence electrons. The number of nitrogens with zero attached hydrogens (tertiary/aromatic N) is 1. The Kier molecular flexibility index (Phi) is 8.10. The van der Waals surface area contributed by atoms with Gasteiger partial charge in [0, 0.05) is 23.3 Å². The largest absolute Gasteiger partial charge is 0.497 e. The van der Waals surface area contributed by atoms with Gasteiger partial charge in [-0.15, -0.1) is 0 Å². The molecule has 0 aliphatic heterocycles. The summed E-state index contributed by atoms with van der Waals surface area (Å²) in [5.41, 5.74) is 4.39. The van der Waals surface area contributed by atoms with Gasteiger partial charge in [-0.05, 0) is 30.7 Å².